The summed E-state index contributed by atoms with van der Waals surface area (Å²) in [7, 11) is 0. The monoisotopic (exact) mass is 553 g/mol. The summed E-state index contributed by atoms with van der Waals surface area (Å²) in [6.07, 6.45) is 12.3. The van der Waals surface area contributed by atoms with Gasteiger partial charge in [-0.2, -0.15) is 10.2 Å². The first-order chi connectivity index (χ1) is 18.6. The normalized spacial score (nSPS) is 16.8. The van der Waals surface area contributed by atoms with Gasteiger partial charge in [0.15, 0.2) is 0 Å². The van der Waals surface area contributed by atoms with Crippen LogP contribution >= 0.6 is 12.4 Å². The second kappa shape index (κ2) is 16.7. The van der Waals surface area contributed by atoms with E-state index in [9.17, 15) is 4.39 Å². The van der Waals surface area contributed by atoms with Crippen LogP contribution in [0.1, 0.15) is 86.6 Å². The van der Waals surface area contributed by atoms with Crippen LogP contribution < -0.4 is 5.32 Å². The van der Waals surface area contributed by atoms with Gasteiger partial charge in [-0.3, -0.25) is 0 Å². The topological polar surface area (TPSA) is 47.0 Å². The molecule has 1 saturated heterocycles. The first kappa shape index (κ1) is 31.2. The molecule has 2 heterocycles. The summed E-state index contributed by atoms with van der Waals surface area (Å²) in [4.78, 5) is 0. The van der Waals surface area contributed by atoms with Gasteiger partial charge in [-0.15, -0.1) is 12.4 Å². The summed E-state index contributed by atoms with van der Waals surface area (Å²) < 4.78 is 19.4. The number of unbranched alkanes of at least 4 members (excludes halogenated alkanes) is 5. The summed E-state index contributed by atoms with van der Waals surface area (Å²) in [6, 6.07) is 18.2. The third kappa shape index (κ3) is 9.66. The van der Waals surface area contributed by atoms with Crippen molar-refractivity contribution in [3.8, 4) is 11.3 Å². The highest BCUT2D eigenvalue weighted by Crippen LogP contribution is 2.28. The number of hydrogen-bond acceptors (Lipinski definition) is 4. The number of nitrogens with zero attached hydrogens (tertiary/aromatic N) is 2. The van der Waals surface area contributed by atoms with E-state index in [4.69, 9.17) is 4.74 Å². The summed E-state index contributed by atoms with van der Waals surface area (Å²) in [5, 5.41) is 12.3. The van der Waals surface area contributed by atoms with E-state index in [2.05, 4.69) is 52.8 Å². The standard InChI is InChI=1S/C33H44FN3O.ClH/c1-3-4-5-6-7-8-10-26-12-14-27(15-13-26)31-20-21-35-33(31)24-38-22-9-11-29-23-32(37-36-25(29)2)28-16-18-30(34)19-17-28;/h12-19,23,31,33,35H,3-11,20-22,24H2,1-2H3;1H/t31-,33-;/m1./s1. The fraction of sp³-hybridized carbons (Fsp3) is 0.515. The molecule has 1 aromatic heterocycles. The van der Waals surface area contributed by atoms with Crippen LogP contribution in [0.3, 0.4) is 0 Å². The number of aromatic nitrogens is 2. The molecule has 4 nitrogen and oxygen atoms in total. The van der Waals surface area contributed by atoms with Crippen LogP contribution in [0, 0.1) is 12.7 Å². The van der Waals surface area contributed by atoms with Crippen molar-refractivity contribution in [2.75, 3.05) is 19.8 Å². The number of nitrogens with one attached hydrogen (secondary N) is 1. The highest BCUT2D eigenvalue weighted by atomic mass is 35.5. The molecule has 0 bridgehead atoms. The molecule has 3 aromatic rings. The first-order valence-electron chi connectivity index (χ1n) is 14.6. The van der Waals surface area contributed by atoms with Crippen LogP contribution in [-0.4, -0.2) is 36.0 Å². The van der Waals surface area contributed by atoms with Crippen molar-refractivity contribution in [2.24, 2.45) is 0 Å². The molecule has 0 saturated carbocycles. The molecule has 1 aliphatic rings. The van der Waals surface area contributed by atoms with Crippen LogP contribution in [-0.2, 0) is 17.6 Å². The zero-order chi connectivity index (χ0) is 26.6. The average Bonchev–Trinajstić information content (AvgIpc) is 3.41. The van der Waals surface area contributed by atoms with Crippen LogP contribution in [0.15, 0.2) is 54.6 Å². The zero-order valence-electron chi connectivity index (χ0n) is 23.6. The van der Waals surface area contributed by atoms with Gasteiger partial charge < -0.3 is 10.1 Å². The van der Waals surface area contributed by atoms with Gasteiger partial charge in [0.2, 0.25) is 0 Å². The van der Waals surface area contributed by atoms with Crippen LogP contribution in [0.5, 0.6) is 0 Å². The summed E-state index contributed by atoms with van der Waals surface area (Å²) in [5.74, 6) is 0.272. The lowest BCUT2D eigenvalue weighted by Gasteiger charge is -2.20. The van der Waals surface area contributed by atoms with Crippen molar-refractivity contribution < 1.29 is 9.13 Å². The quantitative estimate of drug-likeness (QED) is 0.194. The van der Waals surface area contributed by atoms with E-state index < -0.39 is 0 Å². The minimum Gasteiger partial charge on any atom is -0.380 e. The van der Waals surface area contributed by atoms with Crippen molar-refractivity contribution >= 4 is 12.4 Å². The molecular weight excluding hydrogens is 509 g/mol. The van der Waals surface area contributed by atoms with Gasteiger partial charge in [0.1, 0.15) is 5.82 Å². The molecule has 0 unspecified atom stereocenters. The molecular formula is C33H45ClFN3O. The largest absolute Gasteiger partial charge is 0.380 e. The van der Waals surface area contributed by atoms with Crippen LogP contribution in [0.25, 0.3) is 11.3 Å². The highest BCUT2D eigenvalue weighted by molar-refractivity contribution is 5.85. The lowest BCUT2D eigenvalue weighted by atomic mass is 9.91. The Morgan fingerprint density at radius 3 is 2.41 bits per heavy atom. The zero-order valence-corrected chi connectivity index (χ0v) is 24.4. The molecule has 39 heavy (non-hydrogen) atoms. The van der Waals surface area contributed by atoms with Crippen LogP contribution in [0.4, 0.5) is 4.39 Å². The van der Waals surface area contributed by atoms with Crippen molar-refractivity contribution in [1.29, 1.82) is 0 Å². The molecule has 1 N–H and O–H groups in total. The predicted octanol–water partition coefficient (Wildman–Crippen LogP) is 8.01. The van der Waals surface area contributed by atoms with Gasteiger partial charge in [-0.25, -0.2) is 4.39 Å². The van der Waals surface area contributed by atoms with Gasteiger partial charge in [0.05, 0.1) is 18.0 Å². The van der Waals surface area contributed by atoms with E-state index in [1.54, 1.807) is 12.1 Å². The molecule has 6 heteroatoms. The molecule has 2 atom stereocenters. The van der Waals surface area contributed by atoms with Gasteiger partial charge in [-0.05, 0) is 92.6 Å². The first-order valence-corrected chi connectivity index (χ1v) is 14.6. The molecule has 0 radical (unpaired) electrons. The van der Waals surface area contributed by atoms with Crippen molar-refractivity contribution in [1.82, 2.24) is 15.5 Å². The Bertz CT molecular complexity index is 1110. The molecule has 4 rings (SSSR count). The van der Waals surface area contributed by atoms with Gasteiger partial charge >= 0.3 is 0 Å². The maximum atomic E-state index is 13.3. The van der Waals surface area contributed by atoms with E-state index in [-0.39, 0.29) is 18.2 Å². The minimum atomic E-state index is -0.245. The fourth-order valence-corrected chi connectivity index (χ4v) is 5.46. The van der Waals surface area contributed by atoms with E-state index >= 15 is 0 Å². The molecule has 0 spiro atoms. The Morgan fingerprint density at radius 2 is 1.64 bits per heavy atom. The Kier molecular flexibility index (Phi) is 13.3. The predicted molar refractivity (Wildman–Crippen MR) is 161 cm³/mol. The SMILES string of the molecule is CCCCCCCCc1ccc([C@H]2CCN[C@@H]2COCCCc2cc(-c3ccc(F)cc3)nnc2C)cc1.Cl. The molecule has 212 valence electrons. The molecule has 0 amide bonds. The van der Waals surface area contributed by atoms with Gasteiger partial charge in [-0.1, -0.05) is 63.3 Å². The Balaban J connectivity index is 0.00000420. The van der Waals surface area contributed by atoms with Crippen molar-refractivity contribution in [3.05, 3.63) is 82.8 Å². The summed E-state index contributed by atoms with van der Waals surface area (Å²) >= 11 is 0. The lowest BCUT2D eigenvalue weighted by Crippen LogP contribution is -2.31. The number of benzene rings is 2. The van der Waals surface area contributed by atoms with E-state index in [1.165, 1.54) is 80.2 Å². The molecule has 1 fully saturated rings. The average molecular weight is 554 g/mol. The van der Waals surface area contributed by atoms with Crippen molar-refractivity contribution in [3.63, 3.8) is 0 Å². The number of hydrogen-bond donors (Lipinski definition) is 1. The number of aryl methyl sites for hydroxylation is 3. The lowest BCUT2D eigenvalue weighted by molar-refractivity contribution is 0.110. The maximum Gasteiger partial charge on any atom is 0.123 e. The van der Waals surface area contributed by atoms with Gasteiger partial charge in [0.25, 0.3) is 0 Å². The fourth-order valence-electron chi connectivity index (χ4n) is 5.46. The summed E-state index contributed by atoms with van der Waals surface area (Å²) in [5.41, 5.74) is 6.66. The van der Waals surface area contributed by atoms with E-state index in [0.717, 1.165) is 49.6 Å². The Labute approximate surface area is 240 Å². The number of halogens is 2. The third-order valence-corrected chi connectivity index (χ3v) is 7.83. The summed E-state index contributed by atoms with van der Waals surface area (Å²) in [6.45, 7) is 6.76. The molecule has 1 aliphatic heterocycles. The molecule has 0 aliphatic carbocycles. The maximum absolute atomic E-state index is 13.3. The number of ether oxygens (including phenoxy) is 1. The third-order valence-electron chi connectivity index (χ3n) is 7.83. The van der Waals surface area contributed by atoms with E-state index in [0.29, 0.717) is 12.0 Å². The van der Waals surface area contributed by atoms with E-state index in [1.807, 2.05) is 6.92 Å². The highest BCUT2D eigenvalue weighted by Gasteiger charge is 2.28. The minimum absolute atomic E-state index is 0. The van der Waals surface area contributed by atoms with Crippen molar-refractivity contribution in [2.45, 2.75) is 90.0 Å². The molecule has 2 aromatic carbocycles. The Hall–Kier alpha value is -2.34. The second-order valence-corrected chi connectivity index (χ2v) is 10.7. The Morgan fingerprint density at radius 1 is 0.897 bits per heavy atom. The smallest absolute Gasteiger partial charge is 0.123 e. The number of rotatable bonds is 15. The van der Waals surface area contributed by atoms with Crippen LogP contribution in [0.2, 0.25) is 0 Å². The second-order valence-electron chi connectivity index (χ2n) is 10.7. The van der Waals surface area contributed by atoms with Gasteiger partial charge in [0, 0.05) is 24.1 Å².